The molecule has 3 N–H and O–H groups in total. The summed E-state index contributed by atoms with van der Waals surface area (Å²) in [4.78, 5) is 0. The number of aliphatic hydroxyl groups is 1. The van der Waals surface area contributed by atoms with Crippen molar-refractivity contribution in [3.8, 4) is 22.6 Å². The minimum Gasteiger partial charge on any atom is -0.507 e. The Morgan fingerprint density at radius 1 is 0.895 bits per heavy atom. The molecule has 0 spiro atoms. The lowest BCUT2D eigenvalue weighted by Gasteiger charge is -2.12. The van der Waals surface area contributed by atoms with E-state index in [-0.39, 0.29) is 18.1 Å². The number of hydrogen-bond donors (Lipinski definition) is 3. The van der Waals surface area contributed by atoms with Crippen LogP contribution in [0.5, 0.6) is 11.5 Å². The van der Waals surface area contributed by atoms with E-state index in [9.17, 15) is 10.2 Å². The number of benzene rings is 2. The molecule has 0 saturated carbocycles. The van der Waals surface area contributed by atoms with Crippen LogP contribution in [-0.4, -0.2) is 22.4 Å². The number of aromatic hydroxyl groups is 2. The lowest BCUT2D eigenvalue weighted by molar-refractivity contribution is 0.182. The molecule has 0 saturated heterocycles. The van der Waals surface area contributed by atoms with Crippen molar-refractivity contribution >= 4 is 0 Å². The van der Waals surface area contributed by atoms with Gasteiger partial charge in [0, 0.05) is 29.4 Å². The van der Waals surface area contributed by atoms with Crippen molar-refractivity contribution < 1.29 is 20.1 Å². The SMILES string of the molecule is COCc1cccc(-c2cccc(CO)c2O)c1O. The Morgan fingerprint density at radius 3 is 1.95 bits per heavy atom. The molecule has 0 amide bonds. The zero-order chi connectivity index (χ0) is 13.8. The molecule has 2 aromatic rings. The van der Waals surface area contributed by atoms with Crippen molar-refractivity contribution in [2.75, 3.05) is 7.11 Å². The summed E-state index contributed by atoms with van der Waals surface area (Å²) in [5.41, 5.74) is 2.08. The molecular formula is C15H16O4. The predicted octanol–water partition coefficient (Wildman–Crippen LogP) is 2.40. The summed E-state index contributed by atoms with van der Waals surface area (Å²) < 4.78 is 5.01. The van der Waals surface area contributed by atoms with Crippen LogP contribution in [0.3, 0.4) is 0 Å². The van der Waals surface area contributed by atoms with Crippen LogP contribution in [0, 0.1) is 0 Å². The second-order valence-electron chi connectivity index (χ2n) is 4.22. The summed E-state index contributed by atoms with van der Waals surface area (Å²) in [5.74, 6) is 0.0598. The van der Waals surface area contributed by atoms with E-state index in [0.29, 0.717) is 28.9 Å². The molecule has 0 fully saturated rings. The van der Waals surface area contributed by atoms with E-state index in [0.717, 1.165) is 0 Å². The molecule has 2 aromatic carbocycles. The first-order valence-electron chi connectivity index (χ1n) is 5.91. The van der Waals surface area contributed by atoms with Gasteiger partial charge in [-0.3, -0.25) is 0 Å². The summed E-state index contributed by atoms with van der Waals surface area (Å²) in [7, 11) is 1.55. The van der Waals surface area contributed by atoms with Crippen molar-refractivity contribution in [2.24, 2.45) is 0 Å². The van der Waals surface area contributed by atoms with E-state index in [1.165, 1.54) is 0 Å². The predicted molar refractivity (Wildman–Crippen MR) is 71.8 cm³/mol. The van der Waals surface area contributed by atoms with Gasteiger partial charge in [-0.05, 0) is 0 Å². The first-order chi connectivity index (χ1) is 9.19. The maximum atomic E-state index is 10.2. The Labute approximate surface area is 111 Å². The molecule has 0 bridgehead atoms. The maximum Gasteiger partial charge on any atom is 0.129 e. The Kier molecular flexibility index (Phi) is 4.04. The summed E-state index contributed by atoms with van der Waals surface area (Å²) >= 11 is 0. The zero-order valence-corrected chi connectivity index (χ0v) is 10.6. The van der Waals surface area contributed by atoms with Gasteiger partial charge in [0.25, 0.3) is 0 Å². The fourth-order valence-corrected chi connectivity index (χ4v) is 2.02. The van der Waals surface area contributed by atoms with E-state index >= 15 is 0 Å². The number of aliphatic hydroxyl groups excluding tert-OH is 1. The van der Waals surface area contributed by atoms with Crippen LogP contribution in [-0.2, 0) is 18.0 Å². The Bertz CT molecular complexity index is 578. The standard InChI is InChI=1S/C15H16O4/c1-19-9-11-5-3-7-13(15(11)18)12-6-2-4-10(8-16)14(12)17/h2-7,16-18H,8-9H2,1H3. The molecular weight excluding hydrogens is 244 g/mol. The van der Waals surface area contributed by atoms with E-state index < -0.39 is 0 Å². The zero-order valence-electron chi connectivity index (χ0n) is 10.6. The average Bonchev–Trinajstić information content (AvgIpc) is 2.42. The molecule has 19 heavy (non-hydrogen) atoms. The van der Waals surface area contributed by atoms with Crippen molar-refractivity contribution in [3.63, 3.8) is 0 Å². The van der Waals surface area contributed by atoms with Crippen molar-refractivity contribution in [1.82, 2.24) is 0 Å². The summed E-state index contributed by atoms with van der Waals surface area (Å²) in [6.07, 6.45) is 0. The fraction of sp³-hybridized carbons (Fsp3) is 0.200. The smallest absolute Gasteiger partial charge is 0.129 e. The first-order valence-corrected chi connectivity index (χ1v) is 5.91. The number of phenolic OH excluding ortho intramolecular Hbond substituents is 1. The molecule has 4 nitrogen and oxygen atoms in total. The van der Waals surface area contributed by atoms with Crippen molar-refractivity contribution in [1.29, 1.82) is 0 Å². The van der Waals surface area contributed by atoms with Crippen molar-refractivity contribution in [3.05, 3.63) is 47.5 Å². The van der Waals surface area contributed by atoms with Crippen LogP contribution >= 0.6 is 0 Å². The van der Waals surface area contributed by atoms with Gasteiger partial charge in [-0.2, -0.15) is 0 Å². The summed E-state index contributed by atoms with van der Waals surface area (Å²) in [6.45, 7) is 0.0400. The highest BCUT2D eigenvalue weighted by atomic mass is 16.5. The second-order valence-corrected chi connectivity index (χ2v) is 4.22. The van der Waals surface area contributed by atoms with Crippen LogP contribution in [0.25, 0.3) is 11.1 Å². The van der Waals surface area contributed by atoms with E-state index in [2.05, 4.69) is 0 Å². The molecule has 0 aromatic heterocycles. The Morgan fingerprint density at radius 2 is 1.42 bits per heavy atom. The molecule has 0 heterocycles. The summed E-state index contributed by atoms with van der Waals surface area (Å²) in [6, 6.07) is 10.3. The molecule has 0 aliphatic heterocycles. The van der Waals surface area contributed by atoms with Crippen LogP contribution in [0.4, 0.5) is 0 Å². The summed E-state index contributed by atoms with van der Waals surface area (Å²) in [5, 5.41) is 29.4. The van der Waals surface area contributed by atoms with Gasteiger partial charge in [-0.25, -0.2) is 0 Å². The molecule has 2 rings (SSSR count). The Balaban J connectivity index is 2.56. The number of para-hydroxylation sites is 2. The van der Waals surface area contributed by atoms with Gasteiger partial charge >= 0.3 is 0 Å². The second kappa shape index (κ2) is 5.73. The van der Waals surface area contributed by atoms with Crippen LogP contribution in [0.15, 0.2) is 36.4 Å². The van der Waals surface area contributed by atoms with Gasteiger partial charge in [0.05, 0.1) is 13.2 Å². The van der Waals surface area contributed by atoms with Gasteiger partial charge < -0.3 is 20.1 Å². The number of phenols is 2. The highest BCUT2D eigenvalue weighted by Gasteiger charge is 2.14. The van der Waals surface area contributed by atoms with Gasteiger partial charge in [-0.1, -0.05) is 36.4 Å². The molecule has 0 unspecified atom stereocenters. The highest BCUT2D eigenvalue weighted by Crippen LogP contribution is 2.38. The molecule has 100 valence electrons. The van der Waals surface area contributed by atoms with Crippen LogP contribution < -0.4 is 0 Å². The maximum absolute atomic E-state index is 10.2. The minimum absolute atomic E-state index is 0.0186. The number of methoxy groups -OCH3 is 1. The highest BCUT2D eigenvalue weighted by molar-refractivity contribution is 5.77. The first kappa shape index (κ1) is 13.4. The number of hydrogen-bond acceptors (Lipinski definition) is 4. The third kappa shape index (κ3) is 2.54. The topological polar surface area (TPSA) is 69.9 Å². The van der Waals surface area contributed by atoms with E-state index in [4.69, 9.17) is 9.84 Å². The molecule has 0 radical (unpaired) electrons. The van der Waals surface area contributed by atoms with Crippen LogP contribution in [0.2, 0.25) is 0 Å². The van der Waals surface area contributed by atoms with Gasteiger partial charge in [0.1, 0.15) is 11.5 Å². The van der Waals surface area contributed by atoms with Gasteiger partial charge in [0.15, 0.2) is 0 Å². The number of ether oxygens (including phenoxy) is 1. The molecule has 4 heteroatoms. The lowest BCUT2D eigenvalue weighted by atomic mass is 9.98. The average molecular weight is 260 g/mol. The minimum atomic E-state index is -0.252. The third-order valence-electron chi connectivity index (χ3n) is 3.00. The Hall–Kier alpha value is -2.04. The largest absolute Gasteiger partial charge is 0.507 e. The molecule has 0 aliphatic carbocycles. The molecule has 0 atom stereocenters. The van der Waals surface area contributed by atoms with Gasteiger partial charge in [-0.15, -0.1) is 0 Å². The monoisotopic (exact) mass is 260 g/mol. The van der Waals surface area contributed by atoms with E-state index in [1.807, 2.05) is 0 Å². The van der Waals surface area contributed by atoms with Crippen LogP contribution in [0.1, 0.15) is 11.1 Å². The molecule has 0 aliphatic rings. The fourth-order valence-electron chi connectivity index (χ4n) is 2.02. The van der Waals surface area contributed by atoms with Crippen molar-refractivity contribution in [2.45, 2.75) is 13.2 Å². The quantitative estimate of drug-likeness (QED) is 0.789. The normalized spacial score (nSPS) is 10.6. The van der Waals surface area contributed by atoms with Gasteiger partial charge in [0.2, 0.25) is 0 Å². The third-order valence-corrected chi connectivity index (χ3v) is 3.00. The number of rotatable bonds is 4. The lowest BCUT2D eigenvalue weighted by Crippen LogP contribution is -1.92. The van der Waals surface area contributed by atoms with E-state index in [1.54, 1.807) is 43.5 Å².